The molecule has 2 aromatic carbocycles. The van der Waals surface area contributed by atoms with Gasteiger partial charge in [-0.2, -0.15) is 13.1 Å². The maximum atomic E-state index is 13.1. The van der Waals surface area contributed by atoms with Crippen molar-refractivity contribution in [2.75, 3.05) is 39.8 Å². The molecule has 0 aliphatic carbocycles. The van der Waals surface area contributed by atoms with Crippen LogP contribution in [0, 0.1) is 0 Å². The number of amides is 1. The Hall–Kier alpha value is -2.40. The van der Waals surface area contributed by atoms with E-state index < -0.39 is 10.0 Å². The Morgan fingerprint density at radius 1 is 1.03 bits per heavy atom. The number of piperazine rings is 1. The fourth-order valence-electron chi connectivity index (χ4n) is 3.51. The van der Waals surface area contributed by atoms with E-state index in [0.29, 0.717) is 43.8 Å². The van der Waals surface area contributed by atoms with Gasteiger partial charge in [-0.05, 0) is 17.7 Å². The first-order chi connectivity index (χ1) is 14.4. The van der Waals surface area contributed by atoms with E-state index in [1.165, 1.54) is 4.31 Å². The number of benzene rings is 2. The van der Waals surface area contributed by atoms with Gasteiger partial charge in [0.05, 0.1) is 18.3 Å². The number of hydrogen-bond donors (Lipinski definition) is 0. The average molecular weight is 446 g/mol. The van der Waals surface area contributed by atoms with Crippen LogP contribution in [-0.2, 0) is 21.4 Å². The van der Waals surface area contributed by atoms with Crippen LogP contribution in [0.3, 0.4) is 0 Å². The Balaban J connectivity index is 1.35. The van der Waals surface area contributed by atoms with Crippen molar-refractivity contribution in [2.24, 2.45) is 0 Å². The van der Waals surface area contributed by atoms with E-state index in [1.54, 1.807) is 30.1 Å². The van der Waals surface area contributed by atoms with Crippen LogP contribution in [-0.4, -0.2) is 76.9 Å². The number of carbonyl (C=O) groups excluding carboxylic acids is 1. The summed E-state index contributed by atoms with van der Waals surface area (Å²) in [5, 5.41) is 0. The highest BCUT2D eigenvalue weighted by molar-refractivity contribution is 7.89. The fraction of sp³-hybridized carbons (Fsp3) is 0.350. The summed E-state index contributed by atoms with van der Waals surface area (Å²) in [5.41, 5.74) is 2.09. The molecular weight excluding hydrogens is 422 g/mol. The molecule has 8 nitrogen and oxygen atoms in total. The average Bonchev–Trinajstić information content (AvgIpc) is 3.23. The SMILES string of the molecule is CN(Cc1ccccc1)C(=O)CN1CCN(S(=O)(=O)c2cccc3nsnc23)CC1. The van der Waals surface area contributed by atoms with Gasteiger partial charge in [0, 0.05) is 39.8 Å². The molecule has 0 spiro atoms. The van der Waals surface area contributed by atoms with Crippen molar-refractivity contribution in [1.82, 2.24) is 22.9 Å². The van der Waals surface area contributed by atoms with Gasteiger partial charge in [0.15, 0.2) is 0 Å². The van der Waals surface area contributed by atoms with E-state index in [4.69, 9.17) is 0 Å². The lowest BCUT2D eigenvalue weighted by molar-refractivity contribution is -0.131. The molecule has 1 amide bonds. The van der Waals surface area contributed by atoms with Gasteiger partial charge in [-0.3, -0.25) is 9.69 Å². The second-order valence-corrected chi connectivity index (χ2v) is 9.74. The second-order valence-electron chi connectivity index (χ2n) is 7.30. The minimum Gasteiger partial charge on any atom is -0.340 e. The number of likely N-dealkylation sites (N-methyl/N-ethyl adjacent to an activating group) is 1. The fourth-order valence-corrected chi connectivity index (χ4v) is 5.69. The minimum absolute atomic E-state index is 0.0217. The van der Waals surface area contributed by atoms with Crippen molar-refractivity contribution in [3.05, 3.63) is 54.1 Å². The van der Waals surface area contributed by atoms with E-state index in [9.17, 15) is 13.2 Å². The Kier molecular flexibility index (Phi) is 6.09. The lowest BCUT2D eigenvalue weighted by atomic mass is 10.2. The third-order valence-corrected chi connectivity index (χ3v) is 7.72. The quantitative estimate of drug-likeness (QED) is 0.574. The van der Waals surface area contributed by atoms with Gasteiger partial charge < -0.3 is 4.90 Å². The summed E-state index contributed by atoms with van der Waals surface area (Å²) < 4.78 is 36.0. The number of rotatable bonds is 6. The van der Waals surface area contributed by atoms with Gasteiger partial charge in [0.2, 0.25) is 15.9 Å². The van der Waals surface area contributed by atoms with E-state index in [2.05, 4.69) is 8.75 Å². The van der Waals surface area contributed by atoms with Gasteiger partial charge in [0.25, 0.3) is 0 Å². The van der Waals surface area contributed by atoms with Gasteiger partial charge in [-0.15, -0.1) is 0 Å². The van der Waals surface area contributed by atoms with Gasteiger partial charge in [-0.1, -0.05) is 36.4 Å². The van der Waals surface area contributed by atoms with Crippen LogP contribution in [0.2, 0.25) is 0 Å². The van der Waals surface area contributed by atoms with Gasteiger partial charge in [0.1, 0.15) is 15.9 Å². The number of carbonyl (C=O) groups is 1. The Morgan fingerprint density at radius 2 is 1.77 bits per heavy atom. The predicted octanol–water partition coefficient (Wildman–Crippen LogP) is 1.66. The molecule has 0 atom stereocenters. The molecule has 0 bridgehead atoms. The van der Waals surface area contributed by atoms with Crippen molar-refractivity contribution < 1.29 is 13.2 Å². The summed E-state index contributed by atoms with van der Waals surface area (Å²) in [6, 6.07) is 14.9. The van der Waals surface area contributed by atoms with Crippen LogP contribution in [0.25, 0.3) is 11.0 Å². The second kappa shape index (κ2) is 8.76. The Bertz CT molecular complexity index is 1130. The molecule has 1 aromatic heterocycles. The normalized spacial score (nSPS) is 16.0. The van der Waals surface area contributed by atoms with Gasteiger partial charge >= 0.3 is 0 Å². The molecule has 10 heteroatoms. The molecule has 3 aromatic rings. The largest absolute Gasteiger partial charge is 0.340 e. The van der Waals surface area contributed by atoms with E-state index in [-0.39, 0.29) is 17.3 Å². The summed E-state index contributed by atoms with van der Waals surface area (Å²) in [7, 11) is -1.86. The molecule has 2 heterocycles. The standard InChI is InChI=1S/C20H23N5O3S2/c1-23(14-16-6-3-2-4-7-16)19(26)15-24-10-12-25(13-11-24)30(27,28)18-9-5-8-17-20(18)22-29-21-17/h2-9H,10-15H2,1H3. The van der Waals surface area contributed by atoms with Crippen LogP contribution in [0.4, 0.5) is 0 Å². The first-order valence-corrected chi connectivity index (χ1v) is 11.8. The summed E-state index contributed by atoms with van der Waals surface area (Å²) in [6.07, 6.45) is 0. The number of sulfonamides is 1. The van der Waals surface area contributed by atoms with Gasteiger partial charge in [-0.25, -0.2) is 8.42 Å². The maximum absolute atomic E-state index is 13.1. The van der Waals surface area contributed by atoms with Crippen molar-refractivity contribution in [3.63, 3.8) is 0 Å². The zero-order valence-electron chi connectivity index (χ0n) is 16.6. The molecule has 1 fully saturated rings. The summed E-state index contributed by atoms with van der Waals surface area (Å²) in [4.78, 5) is 16.5. The Labute approximate surface area is 180 Å². The first-order valence-electron chi connectivity index (χ1n) is 9.67. The maximum Gasteiger partial charge on any atom is 0.245 e. The zero-order valence-corrected chi connectivity index (χ0v) is 18.3. The zero-order chi connectivity index (χ0) is 21.1. The number of nitrogens with zero attached hydrogens (tertiary/aromatic N) is 5. The highest BCUT2D eigenvalue weighted by Crippen LogP contribution is 2.25. The highest BCUT2D eigenvalue weighted by atomic mass is 32.2. The molecular formula is C20H23N5O3S2. The van der Waals surface area contributed by atoms with Crippen LogP contribution in [0.1, 0.15) is 5.56 Å². The molecule has 158 valence electrons. The minimum atomic E-state index is -3.65. The van der Waals surface area contributed by atoms with Crippen molar-refractivity contribution in [1.29, 1.82) is 0 Å². The van der Waals surface area contributed by atoms with E-state index in [1.807, 2.05) is 35.2 Å². The van der Waals surface area contributed by atoms with E-state index >= 15 is 0 Å². The number of hydrogen-bond acceptors (Lipinski definition) is 7. The monoisotopic (exact) mass is 445 g/mol. The lowest BCUT2D eigenvalue weighted by Crippen LogP contribution is -2.51. The third kappa shape index (κ3) is 4.36. The van der Waals surface area contributed by atoms with Crippen molar-refractivity contribution >= 4 is 38.7 Å². The predicted molar refractivity (Wildman–Crippen MR) is 116 cm³/mol. The lowest BCUT2D eigenvalue weighted by Gasteiger charge is -2.34. The summed E-state index contributed by atoms with van der Waals surface area (Å²) in [6.45, 7) is 2.53. The molecule has 0 saturated carbocycles. The van der Waals surface area contributed by atoms with E-state index in [0.717, 1.165) is 17.3 Å². The summed E-state index contributed by atoms with van der Waals surface area (Å²) in [5.74, 6) is 0.0217. The topological polar surface area (TPSA) is 86.7 Å². The smallest absolute Gasteiger partial charge is 0.245 e. The van der Waals surface area contributed by atoms with Crippen molar-refractivity contribution in [3.8, 4) is 0 Å². The highest BCUT2D eigenvalue weighted by Gasteiger charge is 2.31. The molecule has 0 N–H and O–H groups in total. The first kappa shape index (κ1) is 20.9. The number of aromatic nitrogens is 2. The van der Waals surface area contributed by atoms with Crippen LogP contribution < -0.4 is 0 Å². The third-order valence-electron chi connectivity index (χ3n) is 5.25. The molecule has 30 heavy (non-hydrogen) atoms. The molecule has 1 aliphatic heterocycles. The van der Waals surface area contributed by atoms with Crippen LogP contribution >= 0.6 is 11.7 Å². The molecule has 1 aliphatic rings. The Morgan fingerprint density at radius 3 is 2.50 bits per heavy atom. The molecule has 0 unspecified atom stereocenters. The van der Waals surface area contributed by atoms with Crippen LogP contribution in [0.5, 0.6) is 0 Å². The number of fused-ring (bicyclic) bond motifs is 1. The molecule has 1 saturated heterocycles. The van der Waals surface area contributed by atoms with Crippen LogP contribution in [0.15, 0.2) is 53.4 Å². The molecule has 4 rings (SSSR count). The summed E-state index contributed by atoms with van der Waals surface area (Å²) >= 11 is 1.01. The van der Waals surface area contributed by atoms with Crippen molar-refractivity contribution in [2.45, 2.75) is 11.4 Å². The molecule has 0 radical (unpaired) electrons.